The van der Waals surface area contributed by atoms with E-state index in [9.17, 15) is 10.2 Å². The summed E-state index contributed by atoms with van der Waals surface area (Å²) >= 11 is 13.5. The first kappa shape index (κ1) is 17.1. The Kier molecular flexibility index (Phi) is 5.01. The third-order valence-corrected chi connectivity index (χ3v) is 4.96. The first-order valence-electron chi connectivity index (χ1n) is 7.08. The number of aliphatic hydroxyl groups is 1. The van der Waals surface area contributed by atoms with Crippen molar-refractivity contribution in [3.8, 4) is 22.6 Å². The lowest BCUT2D eigenvalue weighted by atomic mass is 9.98. The molecule has 2 N–H and O–H groups in total. The maximum absolute atomic E-state index is 10.5. The molecule has 3 rings (SSSR count). The quantitative estimate of drug-likeness (QED) is 0.627. The monoisotopic (exact) mass is 379 g/mol. The van der Waals surface area contributed by atoms with Crippen LogP contribution in [0.3, 0.4) is 0 Å². The van der Waals surface area contributed by atoms with Crippen molar-refractivity contribution in [3.05, 3.63) is 68.3 Å². The Morgan fingerprint density at radius 2 is 1.79 bits per heavy atom. The highest BCUT2D eigenvalue weighted by atomic mass is 35.5. The van der Waals surface area contributed by atoms with Gasteiger partial charge in [0, 0.05) is 14.9 Å². The van der Waals surface area contributed by atoms with E-state index in [1.54, 1.807) is 24.3 Å². The number of phenolic OH excluding ortho intramolecular Hbond substituents is 1. The predicted molar refractivity (Wildman–Crippen MR) is 98.5 cm³/mol. The maximum atomic E-state index is 10.5. The van der Waals surface area contributed by atoms with Gasteiger partial charge in [-0.3, -0.25) is 0 Å². The Balaban J connectivity index is 2.12. The van der Waals surface area contributed by atoms with Gasteiger partial charge in [-0.1, -0.05) is 29.3 Å². The summed E-state index contributed by atoms with van der Waals surface area (Å²) in [5.41, 5.74) is 1.66. The van der Waals surface area contributed by atoms with Crippen LogP contribution in [0.1, 0.15) is 16.5 Å². The molecule has 0 bridgehead atoms. The number of rotatable bonds is 4. The average Bonchev–Trinajstić information content (AvgIpc) is 3.06. The number of thiophene rings is 1. The van der Waals surface area contributed by atoms with E-state index in [2.05, 4.69) is 0 Å². The van der Waals surface area contributed by atoms with Gasteiger partial charge in [-0.05, 0) is 52.9 Å². The molecule has 0 aliphatic rings. The molecule has 3 nitrogen and oxygen atoms in total. The second-order valence-electron chi connectivity index (χ2n) is 5.19. The van der Waals surface area contributed by atoms with Gasteiger partial charge in [0.25, 0.3) is 0 Å². The number of aromatic hydroxyl groups is 1. The minimum Gasteiger partial charge on any atom is -0.507 e. The molecule has 0 saturated carbocycles. The molecular formula is C18H14Cl2O3S. The van der Waals surface area contributed by atoms with Crippen molar-refractivity contribution in [2.45, 2.75) is 6.10 Å². The van der Waals surface area contributed by atoms with E-state index >= 15 is 0 Å². The van der Waals surface area contributed by atoms with Crippen LogP contribution >= 0.6 is 34.5 Å². The summed E-state index contributed by atoms with van der Waals surface area (Å²) in [4.78, 5) is 0.787. The highest BCUT2D eigenvalue weighted by Gasteiger charge is 2.19. The maximum Gasteiger partial charge on any atom is 0.130 e. The molecule has 2 aromatic carbocycles. The Morgan fingerprint density at radius 1 is 1.08 bits per heavy atom. The molecule has 3 aromatic rings. The van der Waals surface area contributed by atoms with Crippen LogP contribution in [0.15, 0.2) is 47.8 Å². The minimum atomic E-state index is -0.832. The molecule has 0 radical (unpaired) electrons. The van der Waals surface area contributed by atoms with E-state index in [1.807, 2.05) is 17.5 Å². The third-order valence-electron chi connectivity index (χ3n) is 3.60. The fourth-order valence-electron chi connectivity index (χ4n) is 2.54. The van der Waals surface area contributed by atoms with Crippen molar-refractivity contribution in [1.82, 2.24) is 0 Å². The second kappa shape index (κ2) is 7.03. The topological polar surface area (TPSA) is 49.7 Å². The number of phenols is 1. The molecule has 0 spiro atoms. The van der Waals surface area contributed by atoms with Crippen LogP contribution in [0.25, 0.3) is 11.1 Å². The number of ether oxygens (including phenoxy) is 1. The van der Waals surface area contributed by atoms with E-state index in [0.717, 1.165) is 4.88 Å². The SMILES string of the molecule is [11CH3]Oc1cc(C(O)c2cccs2)cc(O)c1-c1cc(Cl)cc(Cl)c1. The molecule has 0 amide bonds. The van der Waals surface area contributed by atoms with Crippen molar-refractivity contribution in [3.63, 3.8) is 0 Å². The van der Waals surface area contributed by atoms with Crippen LogP contribution in [0.5, 0.6) is 11.5 Å². The Labute approximate surface area is 153 Å². The zero-order chi connectivity index (χ0) is 17.3. The molecule has 1 unspecified atom stereocenters. The van der Waals surface area contributed by atoms with Crippen LogP contribution in [0.2, 0.25) is 10.0 Å². The van der Waals surface area contributed by atoms with Crippen LogP contribution < -0.4 is 4.74 Å². The van der Waals surface area contributed by atoms with Gasteiger partial charge in [-0.25, -0.2) is 0 Å². The standard InChI is InChI=1S/C18H14Cl2O3S/c1-23-15-8-11(18(22)16-3-2-4-24-16)7-14(21)17(15)10-5-12(19)9-13(20)6-10/h2-9,18,21-22H,1H3/i1-1. The lowest BCUT2D eigenvalue weighted by Gasteiger charge is -2.16. The molecule has 124 valence electrons. The highest BCUT2D eigenvalue weighted by Crippen LogP contribution is 2.42. The molecule has 0 saturated heterocycles. The van der Waals surface area contributed by atoms with Gasteiger partial charge in [-0.2, -0.15) is 0 Å². The normalized spacial score (nSPS) is 12.2. The van der Waals surface area contributed by atoms with Gasteiger partial charge >= 0.3 is 0 Å². The Bertz CT molecular complexity index is 843. The third kappa shape index (κ3) is 3.37. The fourth-order valence-corrected chi connectivity index (χ4v) is 3.80. The van der Waals surface area contributed by atoms with Crippen molar-refractivity contribution in [1.29, 1.82) is 0 Å². The molecule has 24 heavy (non-hydrogen) atoms. The molecular weight excluding hydrogens is 366 g/mol. The Morgan fingerprint density at radius 3 is 2.38 bits per heavy atom. The van der Waals surface area contributed by atoms with E-state index < -0.39 is 6.10 Å². The summed E-state index contributed by atoms with van der Waals surface area (Å²) in [6, 6.07) is 11.9. The summed E-state index contributed by atoms with van der Waals surface area (Å²) in [5, 5.41) is 23.8. The lowest BCUT2D eigenvalue weighted by molar-refractivity contribution is 0.223. The molecule has 0 aliphatic heterocycles. The van der Waals surface area contributed by atoms with Crippen LogP contribution in [-0.2, 0) is 0 Å². The Hall–Kier alpha value is -1.72. The van der Waals surface area contributed by atoms with Gasteiger partial charge in [0.2, 0.25) is 0 Å². The number of aliphatic hydroxyl groups excluding tert-OH is 1. The summed E-state index contributed by atoms with van der Waals surface area (Å²) in [6.45, 7) is 0. The average molecular weight is 380 g/mol. The molecule has 0 aliphatic carbocycles. The van der Waals surface area contributed by atoms with Gasteiger partial charge in [0.1, 0.15) is 17.6 Å². The summed E-state index contributed by atoms with van der Waals surface area (Å²) in [7, 11) is 1.51. The van der Waals surface area contributed by atoms with Crippen LogP contribution in [0.4, 0.5) is 0 Å². The highest BCUT2D eigenvalue weighted by molar-refractivity contribution is 7.10. The summed E-state index contributed by atoms with van der Waals surface area (Å²) < 4.78 is 5.41. The number of methoxy groups -OCH3 is 1. The van der Waals surface area contributed by atoms with E-state index in [0.29, 0.717) is 32.5 Å². The fraction of sp³-hybridized carbons (Fsp3) is 0.111. The zero-order valence-corrected chi connectivity index (χ0v) is 15.0. The molecule has 1 aromatic heterocycles. The van der Waals surface area contributed by atoms with Crippen molar-refractivity contribution >= 4 is 34.5 Å². The lowest BCUT2D eigenvalue weighted by Crippen LogP contribution is -1.99. The predicted octanol–water partition coefficient (Wildman–Crippen LogP) is 5.52. The first-order chi connectivity index (χ1) is 11.5. The molecule has 0 fully saturated rings. The number of benzene rings is 2. The largest absolute Gasteiger partial charge is 0.507 e. The van der Waals surface area contributed by atoms with E-state index in [1.165, 1.54) is 24.5 Å². The van der Waals surface area contributed by atoms with Crippen molar-refractivity contribution in [2.24, 2.45) is 0 Å². The van der Waals surface area contributed by atoms with Gasteiger partial charge in [0.15, 0.2) is 0 Å². The smallest absolute Gasteiger partial charge is 0.130 e. The zero-order valence-electron chi connectivity index (χ0n) is 12.7. The van der Waals surface area contributed by atoms with Gasteiger partial charge in [0.05, 0.1) is 12.7 Å². The van der Waals surface area contributed by atoms with E-state index in [-0.39, 0.29) is 5.75 Å². The molecule has 1 atom stereocenters. The van der Waals surface area contributed by atoms with Crippen LogP contribution in [0, 0.1) is 0 Å². The second-order valence-corrected chi connectivity index (χ2v) is 7.05. The summed E-state index contributed by atoms with van der Waals surface area (Å²) in [5.74, 6) is 0.414. The van der Waals surface area contributed by atoms with Crippen molar-refractivity contribution < 1.29 is 14.9 Å². The minimum absolute atomic E-state index is 0.0155. The van der Waals surface area contributed by atoms with Gasteiger partial charge < -0.3 is 14.9 Å². The van der Waals surface area contributed by atoms with Crippen molar-refractivity contribution in [2.75, 3.05) is 7.11 Å². The molecule has 1 heterocycles. The number of hydrogen-bond donors (Lipinski definition) is 2. The number of hydrogen-bond acceptors (Lipinski definition) is 4. The summed E-state index contributed by atoms with van der Waals surface area (Å²) in [6.07, 6.45) is -0.832. The van der Waals surface area contributed by atoms with Gasteiger partial charge in [-0.15, -0.1) is 11.3 Å². The number of halogens is 2. The van der Waals surface area contributed by atoms with E-state index in [4.69, 9.17) is 27.9 Å². The van der Waals surface area contributed by atoms with Crippen LogP contribution in [-0.4, -0.2) is 17.3 Å². The molecule has 6 heteroatoms. The first-order valence-corrected chi connectivity index (χ1v) is 8.72.